The molecule has 2 heterocycles. The molecule has 220 valence electrons. The zero-order chi connectivity index (χ0) is 30.5. The van der Waals surface area contributed by atoms with Gasteiger partial charge >= 0.3 is 5.97 Å². The number of aromatic hydroxyl groups is 1. The number of allylic oxidation sites excluding steroid dienone is 1. The summed E-state index contributed by atoms with van der Waals surface area (Å²) in [5.74, 6) is 0.386. The van der Waals surface area contributed by atoms with E-state index < -0.39 is 12.0 Å². The average molecular weight is 599 g/mol. The first-order chi connectivity index (χ1) is 20.8. The number of phenols is 1. The molecule has 0 radical (unpaired) electrons. The molecule has 1 aromatic heterocycles. The number of aromatic nitrogens is 1. The highest BCUT2D eigenvalue weighted by Crippen LogP contribution is 2.36. The quantitative estimate of drug-likeness (QED) is 0.205. The number of ether oxygens (including phenoxy) is 3. The van der Waals surface area contributed by atoms with Crippen molar-refractivity contribution in [3.8, 4) is 17.2 Å². The number of esters is 1. The van der Waals surface area contributed by atoms with Crippen molar-refractivity contribution in [1.29, 1.82) is 0 Å². The molecule has 43 heavy (non-hydrogen) atoms. The lowest BCUT2D eigenvalue weighted by Gasteiger charge is -2.25. The van der Waals surface area contributed by atoms with Gasteiger partial charge in [0.1, 0.15) is 5.75 Å². The minimum Gasteiger partial charge on any atom is -0.507 e. The number of fused-ring (bicyclic) bond motifs is 1. The van der Waals surface area contributed by atoms with Gasteiger partial charge in [-0.2, -0.15) is 10.2 Å². The Morgan fingerprint density at radius 3 is 2.49 bits per heavy atom. The number of phenolic OH excluding ortho intramolecular Hbond substituents is 1. The molecule has 0 fully saturated rings. The molecule has 0 saturated heterocycles. The Morgan fingerprint density at radius 1 is 1.02 bits per heavy atom. The molecule has 4 aromatic rings. The van der Waals surface area contributed by atoms with Crippen LogP contribution in [0.1, 0.15) is 37.9 Å². The first kappa shape index (κ1) is 29.5. The van der Waals surface area contributed by atoms with Crippen molar-refractivity contribution in [2.75, 3.05) is 20.3 Å². The monoisotopic (exact) mass is 598 g/mol. The zero-order valence-electron chi connectivity index (χ0n) is 24.1. The van der Waals surface area contributed by atoms with Crippen LogP contribution in [-0.2, 0) is 9.53 Å². The number of benzene rings is 3. The fourth-order valence-corrected chi connectivity index (χ4v) is 5.74. The van der Waals surface area contributed by atoms with Crippen LogP contribution in [0, 0.1) is 0 Å². The third-order valence-corrected chi connectivity index (χ3v) is 7.64. The van der Waals surface area contributed by atoms with Gasteiger partial charge < -0.3 is 19.3 Å². The molecule has 1 N–H and O–H groups in total. The second-order valence-corrected chi connectivity index (χ2v) is 10.4. The number of nitrogens with zero attached hydrogens (tertiary/aromatic N) is 4. The molecule has 1 aliphatic heterocycles. The third-order valence-electron chi connectivity index (χ3n) is 6.66. The molecular weight excluding hydrogens is 568 g/mol. The van der Waals surface area contributed by atoms with Gasteiger partial charge in [0.05, 0.1) is 53.5 Å². The summed E-state index contributed by atoms with van der Waals surface area (Å²) in [4.78, 5) is 32.2. The van der Waals surface area contributed by atoms with E-state index in [-0.39, 0.29) is 23.5 Å². The van der Waals surface area contributed by atoms with Gasteiger partial charge in [-0.05, 0) is 68.8 Å². The van der Waals surface area contributed by atoms with Crippen molar-refractivity contribution >= 4 is 34.8 Å². The Hall–Kier alpha value is -5.03. The molecule has 0 spiro atoms. The molecule has 1 atom stereocenters. The lowest BCUT2D eigenvalue weighted by Crippen LogP contribution is -2.40. The van der Waals surface area contributed by atoms with Crippen molar-refractivity contribution in [3.05, 3.63) is 109 Å². The van der Waals surface area contributed by atoms with E-state index in [9.17, 15) is 14.7 Å². The normalized spacial score (nSPS) is 14.9. The van der Waals surface area contributed by atoms with E-state index in [2.05, 4.69) is 15.2 Å². The van der Waals surface area contributed by atoms with Gasteiger partial charge in [-0.1, -0.05) is 35.6 Å². The summed E-state index contributed by atoms with van der Waals surface area (Å²) in [6.07, 6.45) is 1.59. The summed E-state index contributed by atoms with van der Waals surface area (Å²) in [6.45, 7) is 5.87. The van der Waals surface area contributed by atoms with E-state index in [1.54, 1.807) is 57.4 Å². The minimum absolute atomic E-state index is 0.0631. The van der Waals surface area contributed by atoms with Crippen LogP contribution in [0.4, 0.5) is 11.4 Å². The summed E-state index contributed by atoms with van der Waals surface area (Å²) < 4.78 is 18.4. The van der Waals surface area contributed by atoms with Crippen molar-refractivity contribution in [2.24, 2.45) is 15.2 Å². The number of rotatable bonds is 9. The highest BCUT2D eigenvalue weighted by atomic mass is 32.1. The van der Waals surface area contributed by atoms with Gasteiger partial charge in [0.15, 0.2) is 16.3 Å². The van der Waals surface area contributed by atoms with Gasteiger partial charge in [0.2, 0.25) is 0 Å². The molecule has 1 aliphatic rings. The number of thiazole rings is 1. The van der Waals surface area contributed by atoms with Crippen LogP contribution in [-0.4, -0.2) is 36.0 Å². The van der Waals surface area contributed by atoms with Crippen molar-refractivity contribution in [3.63, 3.8) is 0 Å². The first-order valence-electron chi connectivity index (χ1n) is 13.6. The average Bonchev–Trinajstić information content (AvgIpc) is 3.31. The van der Waals surface area contributed by atoms with E-state index in [0.717, 1.165) is 11.3 Å². The molecule has 10 nitrogen and oxygen atoms in total. The predicted octanol–water partition coefficient (Wildman–Crippen LogP) is 5.33. The zero-order valence-corrected chi connectivity index (χ0v) is 24.9. The Bertz CT molecular complexity index is 1910. The Morgan fingerprint density at radius 2 is 1.79 bits per heavy atom. The van der Waals surface area contributed by atoms with Crippen LogP contribution in [0.15, 0.2) is 98.0 Å². The Balaban J connectivity index is 1.60. The highest BCUT2D eigenvalue weighted by Gasteiger charge is 2.34. The Labute approximate surface area is 251 Å². The van der Waals surface area contributed by atoms with Crippen LogP contribution in [0.2, 0.25) is 0 Å². The van der Waals surface area contributed by atoms with Crippen LogP contribution in [0.25, 0.3) is 6.08 Å². The van der Waals surface area contributed by atoms with Crippen molar-refractivity contribution in [2.45, 2.75) is 26.8 Å². The molecular formula is C32H30N4O6S. The second-order valence-electron chi connectivity index (χ2n) is 9.42. The first-order valence-corrected chi connectivity index (χ1v) is 14.5. The minimum atomic E-state index is -0.822. The maximum absolute atomic E-state index is 13.9. The number of carbonyl (C=O) groups excluding carboxylic acids is 1. The van der Waals surface area contributed by atoms with Crippen LogP contribution < -0.4 is 24.4 Å². The smallest absolute Gasteiger partial charge is 0.338 e. The number of hydrogen-bond acceptors (Lipinski definition) is 10. The predicted molar refractivity (Wildman–Crippen MR) is 163 cm³/mol. The highest BCUT2D eigenvalue weighted by molar-refractivity contribution is 7.07. The molecule has 3 aromatic carbocycles. The maximum Gasteiger partial charge on any atom is 0.338 e. The van der Waals surface area contributed by atoms with Gasteiger partial charge in [-0.3, -0.25) is 9.36 Å². The molecule has 0 bridgehead atoms. The van der Waals surface area contributed by atoms with E-state index in [1.165, 1.54) is 10.6 Å². The van der Waals surface area contributed by atoms with Gasteiger partial charge in [0.25, 0.3) is 5.56 Å². The molecule has 0 amide bonds. The van der Waals surface area contributed by atoms with E-state index in [4.69, 9.17) is 14.2 Å². The molecule has 5 rings (SSSR count). The molecule has 0 saturated carbocycles. The summed E-state index contributed by atoms with van der Waals surface area (Å²) in [7, 11) is 1.54. The molecule has 0 unspecified atom stereocenters. The molecule has 0 aliphatic carbocycles. The summed E-state index contributed by atoms with van der Waals surface area (Å²) in [5, 5.41) is 19.1. The van der Waals surface area contributed by atoms with Crippen molar-refractivity contribution in [1.82, 2.24) is 4.57 Å². The number of hydrogen-bond donors (Lipinski definition) is 1. The second kappa shape index (κ2) is 12.9. The summed E-state index contributed by atoms with van der Waals surface area (Å²) in [5.41, 5.74) is 2.52. The third kappa shape index (κ3) is 6.12. The maximum atomic E-state index is 13.9. The number of carbonyl (C=O) groups is 1. The standard InChI is InChI=1S/C32H30N4O6S/c1-5-41-26-16-21(13-15-25(26)40-4)29-28(31(39)42-6-2)19(3)33-32-36(29)30(38)27(43-32)17-20-12-14-23(18-24(20)37)35-34-22-10-8-7-9-11-22/h7-18,29,37H,5-6H2,1-4H3/b27-17-,35-34?/t29-/m0/s1. The largest absolute Gasteiger partial charge is 0.507 e. The van der Waals surface area contributed by atoms with Crippen molar-refractivity contribution < 1.29 is 24.1 Å². The lowest BCUT2D eigenvalue weighted by molar-refractivity contribution is -0.139. The van der Waals surface area contributed by atoms with Gasteiger partial charge in [-0.25, -0.2) is 9.79 Å². The fraction of sp³-hybridized carbons (Fsp3) is 0.219. The van der Waals surface area contributed by atoms with Crippen LogP contribution in [0.3, 0.4) is 0 Å². The topological polar surface area (TPSA) is 124 Å². The van der Waals surface area contributed by atoms with Crippen LogP contribution in [0.5, 0.6) is 17.2 Å². The SMILES string of the molecule is CCOC(=O)C1=C(C)N=c2s/c(=C\c3ccc(N=Nc4ccccc4)cc3O)c(=O)n2[C@H]1c1ccc(OC)c(OCC)c1. The van der Waals surface area contributed by atoms with Gasteiger partial charge in [0, 0.05) is 11.6 Å². The van der Waals surface area contributed by atoms with E-state index in [0.29, 0.717) is 55.6 Å². The Kier molecular flexibility index (Phi) is 8.82. The summed E-state index contributed by atoms with van der Waals surface area (Å²) in [6, 6.07) is 18.6. The number of azo groups is 1. The summed E-state index contributed by atoms with van der Waals surface area (Å²) >= 11 is 1.16. The van der Waals surface area contributed by atoms with E-state index >= 15 is 0 Å². The molecule has 11 heteroatoms. The fourth-order valence-electron chi connectivity index (χ4n) is 4.71. The van der Waals surface area contributed by atoms with Gasteiger partial charge in [-0.15, -0.1) is 0 Å². The van der Waals surface area contributed by atoms with E-state index in [1.807, 2.05) is 37.3 Å². The number of methoxy groups -OCH3 is 1. The lowest BCUT2D eigenvalue weighted by atomic mass is 9.95. The van der Waals surface area contributed by atoms with Crippen LogP contribution >= 0.6 is 11.3 Å².